The lowest BCUT2D eigenvalue weighted by Crippen LogP contribution is -2.45. The molecule has 0 heterocycles. The van der Waals surface area contributed by atoms with E-state index in [1.807, 2.05) is 18.2 Å². The molecule has 1 aliphatic rings. The molecule has 1 aromatic rings. The van der Waals surface area contributed by atoms with Gasteiger partial charge in [0, 0.05) is 16.5 Å². The van der Waals surface area contributed by atoms with Gasteiger partial charge in [-0.2, -0.15) is 0 Å². The van der Waals surface area contributed by atoms with Crippen LogP contribution in [0.25, 0.3) is 0 Å². The van der Waals surface area contributed by atoms with Crippen LogP contribution >= 0.6 is 23.2 Å². The van der Waals surface area contributed by atoms with E-state index in [9.17, 15) is 0 Å². The molecule has 0 spiro atoms. The Bertz CT molecular complexity index is 671. The lowest BCUT2D eigenvalue weighted by molar-refractivity contribution is -0.919. The minimum atomic E-state index is 0.339. The second kappa shape index (κ2) is 7.86. The molecule has 138 valence electrons. The standard InChI is InChI=1S/C22H32Cl2N/c1-16-8-7-13-22(3,4)20(16)12-9-17(2)25(5,6)15-18-10-11-19(23)14-21(18)24/h8-12,14,17,20H,7,13,15H2,1-6H3/q+1/b12-9+. The van der Waals surface area contributed by atoms with Crippen molar-refractivity contribution >= 4 is 23.2 Å². The second-order valence-corrected chi connectivity index (χ2v) is 9.59. The van der Waals surface area contributed by atoms with Crippen molar-refractivity contribution in [1.82, 2.24) is 0 Å². The van der Waals surface area contributed by atoms with E-state index in [4.69, 9.17) is 23.2 Å². The molecule has 3 heteroatoms. The largest absolute Gasteiger partial charge is 0.319 e. The summed E-state index contributed by atoms with van der Waals surface area (Å²) >= 11 is 12.4. The highest BCUT2D eigenvalue weighted by molar-refractivity contribution is 6.35. The van der Waals surface area contributed by atoms with Gasteiger partial charge >= 0.3 is 0 Å². The second-order valence-electron chi connectivity index (χ2n) is 8.75. The molecule has 2 rings (SSSR count). The molecule has 0 aliphatic heterocycles. The van der Waals surface area contributed by atoms with Crippen LogP contribution in [-0.2, 0) is 6.54 Å². The van der Waals surface area contributed by atoms with E-state index in [1.54, 1.807) is 0 Å². The van der Waals surface area contributed by atoms with Gasteiger partial charge in [-0.25, -0.2) is 0 Å². The summed E-state index contributed by atoms with van der Waals surface area (Å²) in [6.07, 6.45) is 9.68. The van der Waals surface area contributed by atoms with Crippen molar-refractivity contribution in [3.05, 3.63) is 57.6 Å². The quantitative estimate of drug-likeness (QED) is 0.384. The Hall–Kier alpha value is -0.760. The van der Waals surface area contributed by atoms with Crippen molar-refractivity contribution in [3.63, 3.8) is 0 Å². The molecule has 0 saturated carbocycles. The third-order valence-corrected chi connectivity index (χ3v) is 6.45. The predicted molar refractivity (Wildman–Crippen MR) is 111 cm³/mol. The molecule has 0 N–H and O–H groups in total. The zero-order valence-corrected chi connectivity index (χ0v) is 18.0. The van der Waals surface area contributed by atoms with Gasteiger partial charge in [-0.3, -0.25) is 0 Å². The summed E-state index contributed by atoms with van der Waals surface area (Å²) in [4.78, 5) is 0. The highest BCUT2D eigenvalue weighted by atomic mass is 35.5. The van der Waals surface area contributed by atoms with Crippen LogP contribution in [0.5, 0.6) is 0 Å². The van der Waals surface area contributed by atoms with Gasteiger partial charge in [0.05, 0.1) is 19.1 Å². The first kappa shape index (κ1) is 20.6. The van der Waals surface area contributed by atoms with Crippen molar-refractivity contribution in [2.75, 3.05) is 14.1 Å². The van der Waals surface area contributed by atoms with E-state index in [0.717, 1.165) is 21.6 Å². The molecule has 1 aliphatic carbocycles. The fraction of sp³-hybridized carbons (Fsp3) is 0.545. The van der Waals surface area contributed by atoms with Crippen LogP contribution in [0.1, 0.15) is 46.1 Å². The molecule has 0 saturated heterocycles. The number of allylic oxidation sites excluding steroid dienone is 3. The van der Waals surface area contributed by atoms with Crippen molar-refractivity contribution in [3.8, 4) is 0 Å². The van der Waals surface area contributed by atoms with Gasteiger partial charge in [-0.1, -0.05) is 60.8 Å². The van der Waals surface area contributed by atoms with Crippen molar-refractivity contribution in [2.24, 2.45) is 11.3 Å². The van der Waals surface area contributed by atoms with Gasteiger partial charge < -0.3 is 4.48 Å². The van der Waals surface area contributed by atoms with E-state index < -0.39 is 0 Å². The number of nitrogens with zero attached hydrogens (tertiary/aromatic N) is 1. The highest BCUT2D eigenvalue weighted by Crippen LogP contribution is 2.41. The van der Waals surface area contributed by atoms with E-state index in [2.05, 4.69) is 60.0 Å². The molecule has 1 aromatic carbocycles. The maximum atomic E-state index is 6.38. The van der Waals surface area contributed by atoms with E-state index in [1.165, 1.54) is 18.4 Å². The van der Waals surface area contributed by atoms with Crippen LogP contribution in [0, 0.1) is 11.3 Å². The number of rotatable bonds is 5. The maximum absolute atomic E-state index is 6.38. The Morgan fingerprint density at radius 3 is 2.56 bits per heavy atom. The van der Waals surface area contributed by atoms with Crippen molar-refractivity contribution in [2.45, 2.75) is 53.1 Å². The summed E-state index contributed by atoms with van der Waals surface area (Å²) in [7, 11) is 4.52. The monoisotopic (exact) mass is 380 g/mol. The van der Waals surface area contributed by atoms with Crippen LogP contribution in [0.2, 0.25) is 10.0 Å². The maximum Gasteiger partial charge on any atom is 0.106 e. The average molecular weight is 381 g/mol. The lowest BCUT2D eigenvalue weighted by Gasteiger charge is -2.38. The number of quaternary nitrogens is 1. The van der Waals surface area contributed by atoms with Crippen LogP contribution in [0.4, 0.5) is 0 Å². The van der Waals surface area contributed by atoms with Gasteiger partial charge in [-0.15, -0.1) is 0 Å². The molecule has 0 radical (unpaired) electrons. The van der Waals surface area contributed by atoms with E-state index in [0.29, 0.717) is 22.4 Å². The predicted octanol–water partition coefficient (Wildman–Crippen LogP) is 6.90. The zero-order chi connectivity index (χ0) is 18.8. The Labute approximate surface area is 163 Å². The summed E-state index contributed by atoms with van der Waals surface area (Å²) in [6.45, 7) is 10.2. The van der Waals surface area contributed by atoms with Crippen LogP contribution < -0.4 is 0 Å². The number of likely N-dealkylation sites (N-methyl/N-ethyl adjacent to an activating group) is 1. The normalized spacial score (nSPS) is 22.1. The van der Waals surface area contributed by atoms with Crippen LogP contribution in [0.15, 0.2) is 42.0 Å². The first-order chi connectivity index (χ1) is 11.5. The number of hydrogen-bond donors (Lipinski definition) is 0. The van der Waals surface area contributed by atoms with E-state index >= 15 is 0 Å². The third kappa shape index (κ3) is 5.12. The molecule has 0 amide bonds. The average Bonchev–Trinajstić information content (AvgIpc) is 2.48. The van der Waals surface area contributed by atoms with Gasteiger partial charge in [-0.05, 0) is 50.3 Å². The molecule has 0 fully saturated rings. The SMILES string of the molecule is CC1=CCCC(C)(C)C1/C=C/C(C)[N+](C)(C)Cc1ccc(Cl)cc1Cl. The summed E-state index contributed by atoms with van der Waals surface area (Å²) < 4.78 is 0.855. The molecular weight excluding hydrogens is 349 g/mol. The molecular formula is C22H32Cl2N+. The Morgan fingerprint density at radius 1 is 1.28 bits per heavy atom. The van der Waals surface area contributed by atoms with Gasteiger partial charge in [0.2, 0.25) is 0 Å². The minimum absolute atomic E-state index is 0.339. The summed E-state index contributed by atoms with van der Waals surface area (Å²) in [5, 5.41) is 1.44. The molecule has 0 bridgehead atoms. The number of hydrogen-bond acceptors (Lipinski definition) is 0. The van der Waals surface area contributed by atoms with E-state index in [-0.39, 0.29) is 0 Å². The van der Waals surface area contributed by atoms with Gasteiger partial charge in [0.1, 0.15) is 12.6 Å². The Kier molecular flexibility index (Phi) is 6.46. The Balaban J connectivity index is 2.13. The number of halogens is 2. The number of benzene rings is 1. The first-order valence-electron chi connectivity index (χ1n) is 9.14. The Morgan fingerprint density at radius 2 is 1.96 bits per heavy atom. The molecule has 2 unspecified atom stereocenters. The highest BCUT2D eigenvalue weighted by Gasteiger charge is 2.31. The molecule has 25 heavy (non-hydrogen) atoms. The molecule has 0 aromatic heterocycles. The fourth-order valence-electron chi connectivity index (χ4n) is 3.72. The molecule has 1 nitrogen and oxygen atoms in total. The lowest BCUT2D eigenvalue weighted by atomic mass is 9.68. The summed E-state index contributed by atoms with van der Waals surface area (Å²) in [5.74, 6) is 0.530. The topological polar surface area (TPSA) is 0 Å². The smallest absolute Gasteiger partial charge is 0.106 e. The fourth-order valence-corrected chi connectivity index (χ4v) is 4.19. The van der Waals surface area contributed by atoms with Gasteiger partial charge in [0.15, 0.2) is 0 Å². The zero-order valence-electron chi connectivity index (χ0n) is 16.4. The van der Waals surface area contributed by atoms with Crippen molar-refractivity contribution in [1.29, 1.82) is 0 Å². The minimum Gasteiger partial charge on any atom is -0.319 e. The first-order valence-corrected chi connectivity index (χ1v) is 9.90. The summed E-state index contributed by atoms with van der Waals surface area (Å²) in [5.41, 5.74) is 2.99. The third-order valence-electron chi connectivity index (χ3n) is 5.87. The summed E-state index contributed by atoms with van der Waals surface area (Å²) in [6, 6.07) is 6.19. The van der Waals surface area contributed by atoms with Crippen LogP contribution in [-0.4, -0.2) is 24.6 Å². The van der Waals surface area contributed by atoms with Crippen LogP contribution in [0.3, 0.4) is 0 Å². The van der Waals surface area contributed by atoms with Gasteiger partial charge in [0.25, 0.3) is 0 Å². The molecule has 2 atom stereocenters. The van der Waals surface area contributed by atoms with Crippen molar-refractivity contribution < 1.29 is 4.48 Å².